The van der Waals surface area contributed by atoms with Crippen LogP contribution in [0.4, 0.5) is 5.69 Å². The standard InChI is InChI=1S/C36H46N6O4/c1-22-16-28(25(4)33(17-22)41-35(45)32-9-8-26(20-38-32)19-37-11-14-43)27-6-5-7-30(24(27)3)40-36(46)34-18-23(2)29-21-42(13-15-44)12-10-31(29)39-34/h5-9,16,20,22-23,37,43-44H,10-15,17-19,21H2,1-4H3,(H,40,46)(H,41,45). The molecule has 10 nitrogen and oxygen atoms in total. The van der Waals surface area contributed by atoms with Crippen molar-refractivity contribution in [3.63, 3.8) is 0 Å². The average Bonchev–Trinajstić information content (AvgIpc) is 3.04. The Kier molecular flexibility index (Phi) is 11.0. The van der Waals surface area contributed by atoms with Crippen LogP contribution in [0.2, 0.25) is 0 Å². The summed E-state index contributed by atoms with van der Waals surface area (Å²) in [7, 11) is 0. The molecule has 5 N–H and O–H groups in total. The minimum atomic E-state index is -0.254. The van der Waals surface area contributed by atoms with Gasteiger partial charge in [0.15, 0.2) is 0 Å². The highest BCUT2D eigenvalue weighted by Crippen LogP contribution is 2.37. The lowest BCUT2D eigenvalue weighted by Gasteiger charge is -2.34. The van der Waals surface area contributed by atoms with Crippen molar-refractivity contribution >= 4 is 28.8 Å². The van der Waals surface area contributed by atoms with Crippen LogP contribution >= 0.6 is 0 Å². The second-order valence-electron chi connectivity index (χ2n) is 12.6. The topological polar surface area (TPSA) is 139 Å². The summed E-state index contributed by atoms with van der Waals surface area (Å²) in [5, 5.41) is 27.7. The Morgan fingerprint density at radius 3 is 2.59 bits per heavy atom. The Bertz CT molecular complexity index is 1590. The molecule has 2 amide bonds. The summed E-state index contributed by atoms with van der Waals surface area (Å²) in [6.07, 6.45) is 5.98. The van der Waals surface area contributed by atoms with E-state index in [0.717, 1.165) is 64.4 Å². The summed E-state index contributed by atoms with van der Waals surface area (Å²) in [6.45, 7) is 11.9. The van der Waals surface area contributed by atoms with Crippen LogP contribution in [0, 0.1) is 18.8 Å². The lowest BCUT2D eigenvalue weighted by atomic mass is 9.84. The van der Waals surface area contributed by atoms with Crippen molar-refractivity contribution in [2.24, 2.45) is 16.8 Å². The summed E-state index contributed by atoms with van der Waals surface area (Å²) >= 11 is 0. The van der Waals surface area contributed by atoms with Gasteiger partial charge in [-0.3, -0.25) is 24.5 Å². The fraction of sp³-hybridized carbons (Fsp3) is 0.444. The number of carbonyl (C=O) groups excluding carboxylic acids is 2. The molecule has 0 radical (unpaired) electrons. The molecule has 2 aliphatic heterocycles. The number of aliphatic imine (C=N–C) groups is 1. The average molecular weight is 627 g/mol. The van der Waals surface area contributed by atoms with Gasteiger partial charge in [-0.1, -0.05) is 38.1 Å². The summed E-state index contributed by atoms with van der Waals surface area (Å²) < 4.78 is 0. The Labute approximate surface area is 271 Å². The van der Waals surface area contributed by atoms with Gasteiger partial charge in [0, 0.05) is 68.8 Å². The number of nitrogens with one attached hydrogen (secondary N) is 3. The Balaban J connectivity index is 1.31. The summed E-state index contributed by atoms with van der Waals surface area (Å²) in [5.41, 5.74) is 9.71. The van der Waals surface area contributed by atoms with Crippen molar-refractivity contribution in [1.82, 2.24) is 20.5 Å². The number of hydrogen-bond acceptors (Lipinski definition) is 8. The van der Waals surface area contributed by atoms with Crippen LogP contribution in [0.3, 0.4) is 0 Å². The van der Waals surface area contributed by atoms with Crippen LogP contribution in [0.15, 0.2) is 70.1 Å². The van der Waals surface area contributed by atoms with Crippen molar-refractivity contribution in [2.75, 3.05) is 44.7 Å². The normalized spacial score (nSPS) is 20.2. The van der Waals surface area contributed by atoms with Gasteiger partial charge in [0.25, 0.3) is 11.8 Å². The monoisotopic (exact) mass is 626 g/mol. The third kappa shape index (κ3) is 7.70. The highest BCUT2D eigenvalue weighted by molar-refractivity contribution is 6.43. The minimum absolute atomic E-state index is 0.0664. The number of carbonyl (C=O) groups is 2. The molecule has 0 bridgehead atoms. The number of rotatable bonds is 11. The van der Waals surface area contributed by atoms with E-state index in [1.54, 1.807) is 12.3 Å². The zero-order valence-electron chi connectivity index (χ0n) is 27.3. The molecule has 0 fully saturated rings. The highest BCUT2D eigenvalue weighted by atomic mass is 16.3. The van der Waals surface area contributed by atoms with Gasteiger partial charge in [0.1, 0.15) is 11.4 Å². The maximum atomic E-state index is 13.5. The molecule has 0 saturated carbocycles. The third-order valence-electron chi connectivity index (χ3n) is 9.12. The second-order valence-corrected chi connectivity index (χ2v) is 12.6. The van der Waals surface area contributed by atoms with Gasteiger partial charge in [-0.15, -0.1) is 0 Å². The number of aliphatic hydroxyl groups excluding tert-OH is 2. The predicted octanol–water partition coefficient (Wildman–Crippen LogP) is 3.97. The van der Waals surface area contributed by atoms with Crippen LogP contribution in [0.5, 0.6) is 0 Å². The SMILES string of the molecule is CC1=C(NC(=O)c2ccc(CNCCO)cn2)CC(C)C=C1c1cccc(NC(=O)C2=NC3=C(CN(CCO)CC3)C(C)C2)c1C. The van der Waals surface area contributed by atoms with Crippen molar-refractivity contribution in [1.29, 1.82) is 0 Å². The number of β-amino-alcohol motifs (C(OH)–C–C–N with tert-alkyl or cyclic N) is 1. The first kappa shape index (κ1) is 33.4. The van der Waals surface area contributed by atoms with Crippen LogP contribution in [-0.4, -0.2) is 77.0 Å². The molecule has 1 aliphatic carbocycles. The number of benzene rings is 1. The van der Waals surface area contributed by atoms with Crippen molar-refractivity contribution in [3.8, 4) is 0 Å². The van der Waals surface area contributed by atoms with E-state index in [0.29, 0.717) is 43.9 Å². The van der Waals surface area contributed by atoms with Gasteiger partial charge < -0.3 is 26.2 Å². The van der Waals surface area contributed by atoms with E-state index in [2.05, 4.69) is 51.8 Å². The van der Waals surface area contributed by atoms with E-state index in [1.165, 1.54) is 5.57 Å². The predicted molar refractivity (Wildman–Crippen MR) is 181 cm³/mol. The number of aliphatic hydroxyl groups is 2. The first-order valence-electron chi connectivity index (χ1n) is 16.2. The van der Waals surface area contributed by atoms with Crippen molar-refractivity contribution in [2.45, 2.75) is 53.5 Å². The largest absolute Gasteiger partial charge is 0.395 e. The quantitative estimate of drug-likeness (QED) is 0.238. The summed E-state index contributed by atoms with van der Waals surface area (Å²) in [5.74, 6) is -0.0102. The van der Waals surface area contributed by atoms with E-state index < -0.39 is 0 Å². The number of nitrogens with zero attached hydrogens (tertiary/aromatic N) is 3. The van der Waals surface area contributed by atoms with Gasteiger partial charge in [-0.05, 0) is 77.6 Å². The lowest BCUT2D eigenvalue weighted by Crippen LogP contribution is -2.38. The van der Waals surface area contributed by atoms with E-state index in [9.17, 15) is 14.7 Å². The van der Waals surface area contributed by atoms with Gasteiger partial charge >= 0.3 is 0 Å². The second kappa shape index (κ2) is 15.1. The van der Waals surface area contributed by atoms with Gasteiger partial charge in [-0.2, -0.15) is 0 Å². The van der Waals surface area contributed by atoms with E-state index in [-0.39, 0.29) is 36.9 Å². The minimum Gasteiger partial charge on any atom is -0.395 e. The Hall–Kier alpha value is -3.96. The van der Waals surface area contributed by atoms with Crippen LogP contribution in [0.1, 0.15) is 67.2 Å². The molecular formula is C36H46N6O4. The number of pyridine rings is 1. The maximum absolute atomic E-state index is 13.5. The molecule has 0 spiro atoms. The zero-order valence-corrected chi connectivity index (χ0v) is 27.3. The molecular weight excluding hydrogens is 580 g/mol. The van der Waals surface area contributed by atoms with Gasteiger partial charge in [0.05, 0.1) is 13.2 Å². The summed E-state index contributed by atoms with van der Waals surface area (Å²) in [4.78, 5) is 38.1. The molecule has 10 heteroatoms. The lowest BCUT2D eigenvalue weighted by molar-refractivity contribution is -0.110. The molecule has 3 heterocycles. The number of aromatic nitrogens is 1. The van der Waals surface area contributed by atoms with Gasteiger partial charge in [-0.25, -0.2) is 0 Å². The van der Waals surface area contributed by atoms with Crippen LogP contribution < -0.4 is 16.0 Å². The molecule has 5 rings (SSSR count). The number of allylic oxidation sites excluding steroid dienone is 4. The molecule has 3 aliphatic rings. The molecule has 2 unspecified atom stereocenters. The van der Waals surface area contributed by atoms with E-state index in [4.69, 9.17) is 10.1 Å². The van der Waals surface area contributed by atoms with E-state index in [1.807, 2.05) is 32.0 Å². The zero-order chi connectivity index (χ0) is 32.8. The number of hydrogen-bond donors (Lipinski definition) is 5. The number of amides is 2. The fourth-order valence-corrected chi connectivity index (χ4v) is 6.48. The molecule has 2 aromatic rings. The Morgan fingerprint density at radius 2 is 1.85 bits per heavy atom. The molecule has 0 saturated heterocycles. The first-order valence-corrected chi connectivity index (χ1v) is 16.2. The molecule has 244 valence electrons. The highest BCUT2D eigenvalue weighted by Gasteiger charge is 2.30. The third-order valence-corrected chi connectivity index (χ3v) is 9.12. The van der Waals surface area contributed by atoms with Gasteiger partial charge in [0.2, 0.25) is 0 Å². The first-order chi connectivity index (χ1) is 22.2. The molecule has 46 heavy (non-hydrogen) atoms. The molecule has 1 aromatic heterocycles. The molecule has 1 aromatic carbocycles. The Morgan fingerprint density at radius 1 is 1.02 bits per heavy atom. The fourth-order valence-electron chi connectivity index (χ4n) is 6.48. The maximum Gasteiger partial charge on any atom is 0.274 e. The smallest absolute Gasteiger partial charge is 0.274 e. The summed E-state index contributed by atoms with van der Waals surface area (Å²) in [6, 6.07) is 9.51. The molecule has 2 atom stereocenters. The van der Waals surface area contributed by atoms with Crippen molar-refractivity contribution in [3.05, 3.63) is 87.5 Å². The van der Waals surface area contributed by atoms with Crippen molar-refractivity contribution < 1.29 is 19.8 Å². The van der Waals surface area contributed by atoms with Crippen LogP contribution in [-0.2, 0) is 11.3 Å². The van der Waals surface area contributed by atoms with E-state index >= 15 is 0 Å². The number of anilines is 1. The van der Waals surface area contributed by atoms with Crippen LogP contribution in [0.25, 0.3) is 5.57 Å².